The molecule has 0 aliphatic carbocycles. The quantitative estimate of drug-likeness (QED) is 0.564. The number of hydrogen-bond acceptors (Lipinski definition) is 5. The maximum atomic E-state index is 12.4. The highest BCUT2D eigenvalue weighted by molar-refractivity contribution is 5.98. The molecule has 1 aromatic heterocycles. The second kappa shape index (κ2) is 8.12. The van der Waals surface area contributed by atoms with Crippen LogP contribution < -0.4 is 21.9 Å². The Bertz CT molecular complexity index is 1120. The van der Waals surface area contributed by atoms with Crippen molar-refractivity contribution in [2.75, 3.05) is 11.9 Å². The minimum atomic E-state index is -0.660. The van der Waals surface area contributed by atoms with Gasteiger partial charge >= 0.3 is 0 Å². The molecular formula is C19H17N5O4. The van der Waals surface area contributed by atoms with E-state index in [0.29, 0.717) is 16.6 Å². The molecule has 9 heteroatoms. The second-order valence-corrected chi connectivity index (χ2v) is 5.97. The molecule has 0 aliphatic rings. The van der Waals surface area contributed by atoms with Crippen LogP contribution in [-0.4, -0.2) is 33.8 Å². The largest absolute Gasteiger partial charge is 0.368 e. The summed E-state index contributed by atoms with van der Waals surface area (Å²) in [6.07, 6.45) is 1.32. The summed E-state index contributed by atoms with van der Waals surface area (Å²) in [5.41, 5.74) is 5.85. The van der Waals surface area contributed by atoms with Crippen LogP contribution in [-0.2, 0) is 16.1 Å². The molecule has 2 aromatic carbocycles. The van der Waals surface area contributed by atoms with Crippen LogP contribution in [0.2, 0.25) is 0 Å². The molecule has 0 radical (unpaired) electrons. The highest BCUT2D eigenvalue weighted by Crippen LogP contribution is 2.11. The van der Waals surface area contributed by atoms with E-state index in [1.807, 2.05) is 0 Å². The lowest BCUT2D eigenvalue weighted by Gasteiger charge is -2.09. The molecule has 0 spiro atoms. The fourth-order valence-corrected chi connectivity index (χ4v) is 2.58. The van der Waals surface area contributed by atoms with Crippen LogP contribution in [0.4, 0.5) is 5.69 Å². The minimum Gasteiger partial charge on any atom is -0.368 e. The third-order valence-corrected chi connectivity index (χ3v) is 3.88. The van der Waals surface area contributed by atoms with E-state index in [4.69, 9.17) is 5.73 Å². The molecule has 4 N–H and O–H groups in total. The first-order chi connectivity index (χ1) is 13.4. The Balaban J connectivity index is 1.71. The van der Waals surface area contributed by atoms with Gasteiger partial charge in [-0.2, -0.15) is 0 Å². The molecule has 3 rings (SSSR count). The van der Waals surface area contributed by atoms with Crippen molar-refractivity contribution in [2.24, 2.45) is 5.73 Å². The van der Waals surface area contributed by atoms with Gasteiger partial charge in [0.2, 0.25) is 11.8 Å². The third kappa shape index (κ3) is 4.39. The Kier molecular flexibility index (Phi) is 5.45. The molecule has 9 nitrogen and oxygen atoms in total. The summed E-state index contributed by atoms with van der Waals surface area (Å²) < 4.78 is 1.21. The van der Waals surface area contributed by atoms with Crippen LogP contribution in [0, 0.1) is 0 Å². The summed E-state index contributed by atoms with van der Waals surface area (Å²) >= 11 is 0. The molecule has 3 aromatic rings. The zero-order valence-corrected chi connectivity index (χ0v) is 14.7. The number of nitrogens with zero attached hydrogens (tertiary/aromatic N) is 2. The predicted octanol–water partition coefficient (Wildman–Crippen LogP) is 0.250. The molecule has 0 fully saturated rings. The van der Waals surface area contributed by atoms with Crippen molar-refractivity contribution in [3.63, 3.8) is 0 Å². The molecule has 142 valence electrons. The zero-order chi connectivity index (χ0) is 20.1. The number of hydrogen-bond donors (Lipinski definition) is 3. The molecule has 0 saturated carbocycles. The Morgan fingerprint density at radius 3 is 2.64 bits per heavy atom. The maximum Gasteiger partial charge on any atom is 0.261 e. The number of para-hydroxylation sites is 1. The van der Waals surface area contributed by atoms with Crippen molar-refractivity contribution < 1.29 is 14.4 Å². The standard InChI is InChI=1S/C19H17N5O4/c20-16(25)9-21-18(27)12-4-3-5-13(8-12)23-17(26)10-24-11-22-15-7-2-1-6-14(15)19(24)28/h1-8,11H,9-10H2,(H2,20,25)(H,21,27)(H,23,26). The zero-order valence-electron chi connectivity index (χ0n) is 14.7. The Morgan fingerprint density at radius 2 is 1.86 bits per heavy atom. The lowest BCUT2D eigenvalue weighted by molar-refractivity contribution is -0.117. The van der Waals surface area contributed by atoms with Crippen LogP contribution in [0.1, 0.15) is 10.4 Å². The van der Waals surface area contributed by atoms with E-state index in [1.54, 1.807) is 36.4 Å². The van der Waals surface area contributed by atoms with Gasteiger partial charge in [0.25, 0.3) is 11.5 Å². The van der Waals surface area contributed by atoms with E-state index in [2.05, 4.69) is 15.6 Å². The summed E-state index contributed by atoms with van der Waals surface area (Å²) in [4.78, 5) is 51.6. The first-order valence-electron chi connectivity index (χ1n) is 8.34. The van der Waals surface area contributed by atoms with Gasteiger partial charge in [-0.25, -0.2) is 4.98 Å². The lowest BCUT2D eigenvalue weighted by atomic mass is 10.2. The first kappa shape index (κ1) is 18.8. The fourth-order valence-electron chi connectivity index (χ4n) is 2.58. The van der Waals surface area contributed by atoms with Crippen molar-refractivity contribution in [1.82, 2.24) is 14.9 Å². The second-order valence-electron chi connectivity index (χ2n) is 5.97. The molecule has 0 aliphatic heterocycles. The molecular weight excluding hydrogens is 362 g/mol. The summed E-state index contributed by atoms with van der Waals surface area (Å²) in [7, 11) is 0. The SMILES string of the molecule is NC(=O)CNC(=O)c1cccc(NC(=O)Cn2cnc3ccccc3c2=O)c1. The third-order valence-electron chi connectivity index (χ3n) is 3.88. The van der Waals surface area contributed by atoms with E-state index in [9.17, 15) is 19.2 Å². The highest BCUT2D eigenvalue weighted by Gasteiger charge is 2.11. The Morgan fingerprint density at radius 1 is 1.07 bits per heavy atom. The van der Waals surface area contributed by atoms with E-state index >= 15 is 0 Å². The van der Waals surface area contributed by atoms with Crippen molar-refractivity contribution >= 4 is 34.3 Å². The molecule has 3 amide bonds. The first-order valence-corrected chi connectivity index (χ1v) is 8.34. The van der Waals surface area contributed by atoms with Gasteiger partial charge in [-0.1, -0.05) is 18.2 Å². The average Bonchev–Trinajstić information content (AvgIpc) is 2.68. The number of amides is 3. The van der Waals surface area contributed by atoms with Crippen molar-refractivity contribution in [2.45, 2.75) is 6.54 Å². The monoisotopic (exact) mass is 379 g/mol. The number of fused-ring (bicyclic) bond motifs is 1. The van der Waals surface area contributed by atoms with Gasteiger partial charge in [-0.3, -0.25) is 23.7 Å². The van der Waals surface area contributed by atoms with Crippen LogP contribution in [0.25, 0.3) is 10.9 Å². The van der Waals surface area contributed by atoms with Crippen LogP contribution in [0.5, 0.6) is 0 Å². The minimum absolute atomic E-state index is 0.227. The van der Waals surface area contributed by atoms with E-state index in [1.165, 1.54) is 23.0 Å². The van der Waals surface area contributed by atoms with Gasteiger partial charge in [0.15, 0.2) is 0 Å². The fraction of sp³-hybridized carbons (Fsp3) is 0.105. The number of carbonyl (C=O) groups excluding carboxylic acids is 3. The van der Waals surface area contributed by atoms with E-state index in [0.717, 1.165) is 0 Å². The average molecular weight is 379 g/mol. The van der Waals surface area contributed by atoms with Crippen molar-refractivity contribution in [3.8, 4) is 0 Å². The number of nitrogens with one attached hydrogen (secondary N) is 2. The number of anilines is 1. The Labute approximate surface area is 159 Å². The summed E-state index contributed by atoms with van der Waals surface area (Å²) in [6, 6.07) is 13.0. The number of rotatable bonds is 6. The van der Waals surface area contributed by atoms with Crippen molar-refractivity contribution in [1.29, 1.82) is 0 Å². The summed E-state index contributed by atoms with van der Waals surface area (Å²) in [5, 5.41) is 5.41. The number of carbonyl (C=O) groups is 3. The van der Waals surface area contributed by atoms with E-state index in [-0.39, 0.29) is 24.2 Å². The lowest BCUT2D eigenvalue weighted by Crippen LogP contribution is -2.33. The molecule has 0 bridgehead atoms. The summed E-state index contributed by atoms with van der Waals surface area (Å²) in [6.45, 7) is -0.512. The number of benzene rings is 2. The van der Waals surface area contributed by atoms with Gasteiger partial charge in [0.1, 0.15) is 6.54 Å². The Hall–Kier alpha value is -4.01. The van der Waals surface area contributed by atoms with Gasteiger partial charge in [-0.05, 0) is 30.3 Å². The normalized spacial score (nSPS) is 10.4. The summed E-state index contributed by atoms with van der Waals surface area (Å²) in [5.74, 6) is -1.61. The van der Waals surface area contributed by atoms with Crippen molar-refractivity contribution in [3.05, 3.63) is 70.8 Å². The van der Waals surface area contributed by atoms with Gasteiger partial charge in [-0.15, -0.1) is 0 Å². The molecule has 0 atom stereocenters. The van der Waals surface area contributed by atoms with Gasteiger partial charge in [0.05, 0.1) is 23.8 Å². The number of nitrogens with two attached hydrogens (primary N) is 1. The van der Waals surface area contributed by atoms with Gasteiger partial charge in [0, 0.05) is 11.3 Å². The van der Waals surface area contributed by atoms with Crippen LogP contribution >= 0.6 is 0 Å². The van der Waals surface area contributed by atoms with E-state index < -0.39 is 17.7 Å². The van der Waals surface area contributed by atoms with Crippen LogP contribution in [0.3, 0.4) is 0 Å². The number of primary amides is 1. The van der Waals surface area contributed by atoms with Gasteiger partial charge < -0.3 is 16.4 Å². The molecule has 1 heterocycles. The molecule has 0 unspecified atom stereocenters. The van der Waals surface area contributed by atoms with Crippen LogP contribution in [0.15, 0.2) is 59.7 Å². The maximum absolute atomic E-state index is 12.4. The smallest absolute Gasteiger partial charge is 0.261 e. The number of aromatic nitrogens is 2. The topological polar surface area (TPSA) is 136 Å². The molecule has 28 heavy (non-hydrogen) atoms. The predicted molar refractivity (Wildman–Crippen MR) is 103 cm³/mol. The molecule has 0 saturated heterocycles. The highest BCUT2D eigenvalue weighted by atomic mass is 16.2.